The first-order valence-electron chi connectivity index (χ1n) is 7.17. The summed E-state index contributed by atoms with van der Waals surface area (Å²) in [6.07, 6.45) is 0.884. The van der Waals surface area contributed by atoms with Gasteiger partial charge in [0.25, 0.3) is 11.9 Å². The lowest BCUT2D eigenvalue weighted by molar-refractivity contribution is 0.852. The van der Waals surface area contributed by atoms with Crippen molar-refractivity contribution in [2.45, 2.75) is 6.42 Å². The van der Waals surface area contributed by atoms with Gasteiger partial charge in [-0.1, -0.05) is 41.9 Å². The fourth-order valence-corrected chi connectivity index (χ4v) is 2.10. The number of hydrogen-bond acceptors (Lipinski definition) is 6. The van der Waals surface area contributed by atoms with Crippen molar-refractivity contribution in [3.63, 3.8) is 0 Å². The summed E-state index contributed by atoms with van der Waals surface area (Å²) >= 11 is 5.84. The molecule has 0 bridgehead atoms. The summed E-state index contributed by atoms with van der Waals surface area (Å²) in [7, 11) is 0. The van der Waals surface area contributed by atoms with Gasteiger partial charge in [-0.05, 0) is 36.2 Å². The van der Waals surface area contributed by atoms with Crippen molar-refractivity contribution in [2.75, 3.05) is 17.2 Å². The molecule has 0 spiro atoms. The van der Waals surface area contributed by atoms with Crippen LogP contribution in [0.4, 0.5) is 17.6 Å². The largest absolute Gasteiger partial charge is 0.351 e. The fourth-order valence-electron chi connectivity index (χ4n) is 1.98. The van der Waals surface area contributed by atoms with E-state index >= 15 is 0 Å². The van der Waals surface area contributed by atoms with Crippen LogP contribution in [0.15, 0.2) is 54.6 Å². The van der Waals surface area contributed by atoms with Gasteiger partial charge in [-0.3, -0.25) is 0 Å². The summed E-state index contributed by atoms with van der Waals surface area (Å²) in [6.45, 7) is 0.720. The van der Waals surface area contributed by atoms with Crippen molar-refractivity contribution in [3.8, 4) is 0 Å². The van der Waals surface area contributed by atoms with Gasteiger partial charge in [-0.2, -0.15) is 0 Å². The fraction of sp³-hybridized carbons (Fsp3) is 0.125. The predicted molar refractivity (Wildman–Crippen MR) is 91.0 cm³/mol. The van der Waals surface area contributed by atoms with Gasteiger partial charge in [0.05, 0.1) is 0 Å². The van der Waals surface area contributed by atoms with Gasteiger partial charge in [0, 0.05) is 17.3 Å². The highest BCUT2D eigenvalue weighted by Gasteiger charge is 2.02. The van der Waals surface area contributed by atoms with Gasteiger partial charge in [0.1, 0.15) is 0 Å². The van der Waals surface area contributed by atoms with E-state index in [1.165, 1.54) is 5.56 Å². The van der Waals surface area contributed by atoms with E-state index in [0.29, 0.717) is 16.9 Å². The van der Waals surface area contributed by atoms with Crippen molar-refractivity contribution < 1.29 is 0 Å². The molecule has 0 fully saturated rings. The second-order valence-corrected chi connectivity index (χ2v) is 5.28. The van der Waals surface area contributed by atoms with Gasteiger partial charge in [-0.25, -0.2) is 0 Å². The van der Waals surface area contributed by atoms with E-state index in [4.69, 9.17) is 11.6 Å². The molecule has 0 saturated heterocycles. The Morgan fingerprint density at radius 1 is 0.783 bits per heavy atom. The Hall–Kier alpha value is -2.73. The van der Waals surface area contributed by atoms with Crippen molar-refractivity contribution in [3.05, 3.63) is 65.2 Å². The summed E-state index contributed by atoms with van der Waals surface area (Å²) in [5.41, 5.74) is 2.07. The second kappa shape index (κ2) is 7.51. The molecule has 6 nitrogen and oxygen atoms in total. The molecule has 0 aliphatic carbocycles. The molecule has 0 aliphatic heterocycles. The van der Waals surface area contributed by atoms with E-state index in [0.717, 1.165) is 18.7 Å². The zero-order chi connectivity index (χ0) is 15.9. The van der Waals surface area contributed by atoms with E-state index in [9.17, 15) is 0 Å². The summed E-state index contributed by atoms with van der Waals surface area (Å²) in [6, 6.07) is 17.4. The third kappa shape index (κ3) is 4.62. The number of aromatic nitrogens is 4. The van der Waals surface area contributed by atoms with Crippen LogP contribution in [-0.4, -0.2) is 26.9 Å². The second-order valence-electron chi connectivity index (χ2n) is 4.84. The molecule has 7 heteroatoms. The molecular formula is C16H15ClN6. The van der Waals surface area contributed by atoms with E-state index in [1.54, 1.807) is 12.1 Å². The molecule has 23 heavy (non-hydrogen) atoms. The molecular weight excluding hydrogens is 312 g/mol. The van der Waals surface area contributed by atoms with Crippen molar-refractivity contribution >= 4 is 29.2 Å². The number of nitrogens with one attached hydrogen (secondary N) is 2. The van der Waals surface area contributed by atoms with E-state index < -0.39 is 0 Å². The lowest BCUT2D eigenvalue weighted by Crippen LogP contribution is -2.11. The Balaban J connectivity index is 1.51. The van der Waals surface area contributed by atoms with Crippen LogP contribution in [0, 0.1) is 0 Å². The quantitative estimate of drug-likeness (QED) is 0.723. The summed E-state index contributed by atoms with van der Waals surface area (Å²) in [5, 5.41) is 22.8. The van der Waals surface area contributed by atoms with Crippen LogP contribution in [0.3, 0.4) is 0 Å². The smallest absolute Gasteiger partial charge is 0.266 e. The van der Waals surface area contributed by atoms with Gasteiger partial charge in [-0.15, -0.1) is 20.4 Å². The van der Waals surface area contributed by atoms with Gasteiger partial charge < -0.3 is 10.6 Å². The monoisotopic (exact) mass is 326 g/mol. The third-order valence-electron chi connectivity index (χ3n) is 3.12. The van der Waals surface area contributed by atoms with E-state index in [2.05, 4.69) is 43.2 Å². The molecule has 1 aromatic heterocycles. The van der Waals surface area contributed by atoms with Crippen LogP contribution in [-0.2, 0) is 6.42 Å². The molecule has 0 amide bonds. The van der Waals surface area contributed by atoms with Crippen LogP contribution in [0.5, 0.6) is 0 Å². The van der Waals surface area contributed by atoms with Crippen LogP contribution >= 0.6 is 11.6 Å². The van der Waals surface area contributed by atoms with Gasteiger partial charge in [0.2, 0.25) is 0 Å². The molecule has 2 N–H and O–H groups in total. The van der Waals surface area contributed by atoms with Crippen molar-refractivity contribution in [1.82, 2.24) is 20.4 Å². The summed E-state index contributed by atoms with van der Waals surface area (Å²) < 4.78 is 0. The zero-order valence-corrected chi connectivity index (χ0v) is 13.0. The van der Waals surface area contributed by atoms with Crippen LogP contribution < -0.4 is 10.6 Å². The first kappa shape index (κ1) is 15.2. The number of rotatable bonds is 6. The molecule has 116 valence electrons. The molecule has 2 aromatic carbocycles. The number of halogens is 1. The highest BCUT2D eigenvalue weighted by Crippen LogP contribution is 2.15. The average molecular weight is 327 g/mol. The highest BCUT2D eigenvalue weighted by atomic mass is 35.5. The Morgan fingerprint density at radius 3 is 2.13 bits per heavy atom. The first-order valence-corrected chi connectivity index (χ1v) is 7.55. The number of nitrogens with zero attached hydrogens (tertiary/aromatic N) is 4. The predicted octanol–water partition coefficient (Wildman–Crippen LogP) is 3.32. The standard InChI is InChI=1S/C16H15ClN6/c17-13-6-8-14(9-7-13)19-16-22-20-15(21-23-16)18-11-10-12-4-2-1-3-5-12/h1-9H,10-11H2,(H,18,20,21)(H,19,22,23). The van der Waals surface area contributed by atoms with Gasteiger partial charge >= 0.3 is 0 Å². The maximum Gasteiger partial charge on any atom is 0.266 e. The van der Waals surface area contributed by atoms with E-state index in [-0.39, 0.29) is 0 Å². The molecule has 0 saturated carbocycles. The average Bonchev–Trinajstić information content (AvgIpc) is 2.59. The van der Waals surface area contributed by atoms with Crippen LogP contribution in [0.2, 0.25) is 5.02 Å². The molecule has 0 aliphatic rings. The Morgan fingerprint density at radius 2 is 1.43 bits per heavy atom. The van der Waals surface area contributed by atoms with Crippen molar-refractivity contribution in [1.29, 1.82) is 0 Å². The highest BCUT2D eigenvalue weighted by molar-refractivity contribution is 6.30. The first-order chi connectivity index (χ1) is 11.3. The number of hydrogen-bond donors (Lipinski definition) is 2. The molecule has 0 unspecified atom stereocenters. The molecule has 0 atom stereocenters. The van der Waals surface area contributed by atoms with Crippen LogP contribution in [0.1, 0.15) is 5.56 Å². The number of benzene rings is 2. The SMILES string of the molecule is Clc1ccc(Nc2nnc(NCCc3ccccc3)nn2)cc1. The minimum Gasteiger partial charge on any atom is -0.351 e. The Kier molecular flexibility index (Phi) is 4.95. The third-order valence-corrected chi connectivity index (χ3v) is 3.37. The topological polar surface area (TPSA) is 75.6 Å². The maximum absolute atomic E-state index is 5.84. The van der Waals surface area contributed by atoms with E-state index in [1.807, 2.05) is 30.3 Å². The van der Waals surface area contributed by atoms with Gasteiger partial charge in [0.15, 0.2) is 0 Å². The lowest BCUT2D eigenvalue weighted by Gasteiger charge is -2.05. The molecule has 3 aromatic rings. The molecule has 3 rings (SSSR count). The zero-order valence-electron chi connectivity index (χ0n) is 12.3. The minimum absolute atomic E-state index is 0.334. The lowest BCUT2D eigenvalue weighted by atomic mass is 10.1. The normalized spacial score (nSPS) is 10.3. The molecule has 0 radical (unpaired) electrons. The Bertz CT molecular complexity index is 731. The Labute approximate surface area is 138 Å². The van der Waals surface area contributed by atoms with Crippen LogP contribution in [0.25, 0.3) is 0 Å². The van der Waals surface area contributed by atoms with Crippen molar-refractivity contribution in [2.24, 2.45) is 0 Å². The maximum atomic E-state index is 5.84. The minimum atomic E-state index is 0.334. The summed E-state index contributed by atoms with van der Waals surface area (Å²) in [4.78, 5) is 0. The summed E-state index contributed by atoms with van der Waals surface area (Å²) in [5.74, 6) is 0.739. The number of anilines is 3. The molecule has 1 heterocycles.